The number of cyclic esters (lactones) is 1. The van der Waals surface area contributed by atoms with Crippen LogP contribution in [0.3, 0.4) is 0 Å². The average Bonchev–Trinajstić information content (AvgIpc) is 2.99. The summed E-state index contributed by atoms with van der Waals surface area (Å²) in [4.78, 5) is 30.9. The number of fused-ring (bicyclic) bond motifs is 1. The standard InChI is InChI=1S/C19H24FN5O3/c1-10(21)23-18-14-8-24(9-15(14)18)17-4-3-12(5-16(17)20)25-7-13(28-19(25)27)6-22-11(2)26/h3-5,13-15,18H,6-9H2,1-2H3,(H2,21,23)(H,22,26)/t13-,14-,15+,18?/m0/s1. The van der Waals surface area contributed by atoms with Crippen LogP contribution in [-0.4, -0.2) is 56.2 Å². The summed E-state index contributed by atoms with van der Waals surface area (Å²) in [6.45, 7) is 5.20. The SMILES string of the molecule is CC(=O)NC[C@H]1CN(c2ccc(N3C[C@@H]4C(N=C(C)N)[C@@H]4C3)c(F)c2)C(=O)O1. The van der Waals surface area contributed by atoms with E-state index in [1.807, 2.05) is 4.90 Å². The van der Waals surface area contributed by atoms with Crippen LogP contribution >= 0.6 is 0 Å². The second-order valence-electron chi connectivity index (χ2n) is 7.68. The molecule has 1 unspecified atom stereocenters. The first kappa shape index (κ1) is 18.5. The molecule has 9 heteroatoms. The van der Waals surface area contributed by atoms with Crippen molar-refractivity contribution in [1.82, 2.24) is 5.32 Å². The molecule has 3 N–H and O–H groups in total. The molecule has 3 aliphatic rings. The fourth-order valence-corrected chi connectivity index (χ4v) is 4.13. The van der Waals surface area contributed by atoms with Crippen LogP contribution in [0.15, 0.2) is 23.2 Å². The van der Waals surface area contributed by atoms with Gasteiger partial charge in [-0.2, -0.15) is 0 Å². The number of ether oxygens (including phenoxy) is 1. The number of amidine groups is 1. The number of hydrogen-bond donors (Lipinski definition) is 2. The smallest absolute Gasteiger partial charge is 0.414 e. The molecule has 0 aromatic heterocycles. The highest BCUT2D eigenvalue weighted by Gasteiger charge is 2.56. The maximum Gasteiger partial charge on any atom is 0.414 e. The Hall–Kier alpha value is -2.84. The average molecular weight is 389 g/mol. The van der Waals surface area contributed by atoms with Crippen molar-refractivity contribution in [3.8, 4) is 0 Å². The van der Waals surface area contributed by atoms with E-state index in [-0.39, 0.29) is 30.9 Å². The van der Waals surface area contributed by atoms with Gasteiger partial charge in [-0.05, 0) is 25.1 Å². The molecule has 8 nitrogen and oxygen atoms in total. The van der Waals surface area contributed by atoms with Gasteiger partial charge in [0.25, 0.3) is 0 Å². The molecule has 3 fully saturated rings. The van der Waals surface area contributed by atoms with Gasteiger partial charge < -0.3 is 20.7 Å². The molecule has 2 saturated heterocycles. The van der Waals surface area contributed by atoms with E-state index in [4.69, 9.17) is 10.5 Å². The number of rotatable bonds is 5. The van der Waals surface area contributed by atoms with Crippen molar-refractivity contribution in [1.29, 1.82) is 0 Å². The minimum Gasteiger partial charge on any atom is -0.442 e. The molecule has 4 atom stereocenters. The fraction of sp³-hybridized carbons (Fsp3) is 0.526. The quantitative estimate of drug-likeness (QED) is 0.580. The lowest BCUT2D eigenvalue weighted by molar-refractivity contribution is -0.119. The molecule has 28 heavy (non-hydrogen) atoms. The van der Waals surface area contributed by atoms with E-state index in [1.54, 1.807) is 19.1 Å². The summed E-state index contributed by atoms with van der Waals surface area (Å²) in [6.07, 6.45) is -0.990. The van der Waals surface area contributed by atoms with Gasteiger partial charge in [0.05, 0.1) is 36.3 Å². The molecule has 4 rings (SSSR count). The molecular weight excluding hydrogens is 365 g/mol. The van der Waals surface area contributed by atoms with Crippen molar-refractivity contribution in [2.75, 3.05) is 36.0 Å². The first-order valence-corrected chi connectivity index (χ1v) is 9.40. The maximum absolute atomic E-state index is 14.8. The van der Waals surface area contributed by atoms with E-state index < -0.39 is 12.2 Å². The molecule has 1 aliphatic carbocycles. The Bertz CT molecular complexity index is 829. The molecule has 1 aromatic carbocycles. The van der Waals surface area contributed by atoms with Gasteiger partial charge in [-0.3, -0.25) is 14.7 Å². The third-order valence-electron chi connectivity index (χ3n) is 5.54. The van der Waals surface area contributed by atoms with Crippen molar-refractivity contribution in [2.24, 2.45) is 22.6 Å². The molecule has 1 aromatic rings. The van der Waals surface area contributed by atoms with Crippen LogP contribution in [0, 0.1) is 17.7 Å². The summed E-state index contributed by atoms with van der Waals surface area (Å²) in [5.41, 5.74) is 6.63. The van der Waals surface area contributed by atoms with Crippen molar-refractivity contribution in [3.05, 3.63) is 24.0 Å². The number of nitrogens with two attached hydrogens (primary N) is 1. The summed E-state index contributed by atoms with van der Waals surface area (Å²) < 4.78 is 20.0. The fourth-order valence-electron chi connectivity index (χ4n) is 4.13. The van der Waals surface area contributed by atoms with Crippen LogP contribution in [0.2, 0.25) is 0 Å². The van der Waals surface area contributed by atoms with Crippen LogP contribution in [-0.2, 0) is 9.53 Å². The molecule has 0 spiro atoms. The minimum atomic E-state index is -0.539. The van der Waals surface area contributed by atoms with E-state index in [0.29, 0.717) is 29.0 Å². The van der Waals surface area contributed by atoms with Gasteiger partial charge in [-0.15, -0.1) is 0 Å². The first-order valence-electron chi connectivity index (χ1n) is 9.40. The number of benzene rings is 1. The zero-order valence-corrected chi connectivity index (χ0v) is 15.9. The first-order chi connectivity index (χ1) is 13.3. The van der Waals surface area contributed by atoms with Crippen molar-refractivity contribution in [2.45, 2.75) is 26.0 Å². The lowest BCUT2D eigenvalue weighted by Gasteiger charge is -2.23. The molecule has 2 amide bonds. The number of amides is 2. The van der Waals surface area contributed by atoms with Gasteiger partial charge in [0.2, 0.25) is 5.91 Å². The Balaban J connectivity index is 1.40. The highest BCUT2D eigenvalue weighted by Crippen LogP contribution is 2.49. The number of piperidine rings is 1. The number of nitrogens with zero attached hydrogens (tertiary/aromatic N) is 3. The molecule has 1 saturated carbocycles. The highest BCUT2D eigenvalue weighted by atomic mass is 19.1. The number of halogens is 1. The van der Waals surface area contributed by atoms with Crippen molar-refractivity contribution < 1.29 is 18.7 Å². The number of carbonyl (C=O) groups is 2. The predicted molar refractivity (Wildman–Crippen MR) is 103 cm³/mol. The van der Waals surface area contributed by atoms with Crippen LogP contribution in [0.4, 0.5) is 20.6 Å². The number of carbonyl (C=O) groups excluding carboxylic acids is 2. The molecule has 150 valence electrons. The van der Waals surface area contributed by atoms with Gasteiger partial charge in [0, 0.05) is 31.8 Å². The van der Waals surface area contributed by atoms with Crippen LogP contribution < -0.4 is 20.9 Å². The number of hydrogen-bond acceptors (Lipinski definition) is 5. The molecular formula is C19H24FN5O3. The Morgan fingerprint density at radius 3 is 2.64 bits per heavy atom. The van der Waals surface area contributed by atoms with Crippen LogP contribution in [0.25, 0.3) is 0 Å². The van der Waals surface area contributed by atoms with Gasteiger partial charge in [-0.1, -0.05) is 0 Å². The van der Waals surface area contributed by atoms with Crippen LogP contribution in [0.5, 0.6) is 0 Å². The summed E-state index contributed by atoms with van der Waals surface area (Å²) in [5, 5.41) is 2.62. The molecule has 0 radical (unpaired) electrons. The van der Waals surface area contributed by atoms with E-state index in [2.05, 4.69) is 10.3 Å². The van der Waals surface area contributed by atoms with Gasteiger partial charge in [0.1, 0.15) is 11.9 Å². The molecule has 2 aliphatic heterocycles. The van der Waals surface area contributed by atoms with Crippen LogP contribution in [0.1, 0.15) is 13.8 Å². The lowest BCUT2D eigenvalue weighted by Crippen LogP contribution is -2.33. The van der Waals surface area contributed by atoms with Gasteiger partial charge >= 0.3 is 6.09 Å². The predicted octanol–water partition coefficient (Wildman–Crippen LogP) is 1.10. The summed E-state index contributed by atoms with van der Waals surface area (Å²) in [7, 11) is 0. The largest absolute Gasteiger partial charge is 0.442 e. The van der Waals surface area contributed by atoms with Gasteiger partial charge in [-0.25, -0.2) is 9.18 Å². The zero-order valence-electron chi connectivity index (χ0n) is 15.9. The maximum atomic E-state index is 14.8. The number of anilines is 2. The second-order valence-corrected chi connectivity index (χ2v) is 7.68. The molecule has 2 heterocycles. The number of aliphatic imine (C=N–C) groups is 1. The summed E-state index contributed by atoms with van der Waals surface area (Å²) in [6, 6.07) is 5.06. The van der Waals surface area contributed by atoms with Crippen molar-refractivity contribution in [3.63, 3.8) is 0 Å². The molecule has 0 bridgehead atoms. The zero-order chi connectivity index (χ0) is 20.0. The summed E-state index contributed by atoms with van der Waals surface area (Å²) in [5.74, 6) is 0.896. The minimum absolute atomic E-state index is 0.192. The third kappa shape index (κ3) is 3.48. The van der Waals surface area contributed by atoms with Crippen molar-refractivity contribution >= 4 is 29.2 Å². The Morgan fingerprint density at radius 1 is 1.32 bits per heavy atom. The van der Waals surface area contributed by atoms with E-state index in [9.17, 15) is 14.0 Å². The van der Waals surface area contributed by atoms with E-state index in [1.165, 1.54) is 17.9 Å². The Labute approximate surface area is 162 Å². The summed E-state index contributed by atoms with van der Waals surface area (Å²) >= 11 is 0. The van der Waals surface area contributed by atoms with E-state index >= 15 is 0 Å². The number of nitrogens with one attached hydrogen (secondary N) is 1. The van der Waals surface area contributed by atoms with Gasteiger partial charge in [0.15, 0.2) is 0 Å². The topological polar surface area (TPSA) is 100 Å². The normalized spacial score (nSPS) is 29.0. The third-order valence-corrected chi connectivity index (χ3v) is 5.54. The second kappa shape index (κ2) is 6.96. The lowest BCUT2D eigenvalue weighted by atomic mass is 10.2. The monoisotopic (exact) mass is 389 g/mol. The Kier molecular flexibility index (Phi) is 4.60. The van der Waals surface area contributed by atoms with E-state index in [0.717, 1.165) is 13.1 Å². The highest BCUT2D eigenvalue weighted by molar-refractivity contribution is 5.90. The Morgan fingerprint density at radius 2 is 2.04 bits per heavy atom.